The van der Waals surface area contributed by atoms with Gasteiger partial charge in [-0.3, -0.25) is 9.52 Å². The van der Waals surface area contributed by atoms with Gasteiger partial charge in [0.25, 0.3) is 10.0 Å². The van der Waals surface area contributed by atoms with Gasteiger partial charge in [-0.05, 0) is 36.4 Å². The molecule has 0 spiro atoms. The van der Waals surface area contributed by atoms with Crippen molar-refractivity contribution in [3.63, 3.8) is 0 Å². The highest BCUT2D eigenvalue weighted by molar-refractivity contribution is 7.94. The topological polar surface area (TPSA) is 151 Å². The fraction of sp³-hybridized carbons (Fsp3) is 0.0500. The maximum absolute atomic E-state index is 12.6. The van der Waals surface area contributed by atoms with Crippen LogP contribution in [0.4, 0.5) is 34.0 Å². The number of thiazole rings is 1. The minimum Gasteiger partial charge on any atom is -0.340 e. The lowest BCUT2D eigenvalue weighted by molar-refractivity contribution is -0.114. The van der Waals surface area contributed by atoms with E-state index in [4.69, 9.17) is 0 Å². The summed E-state index contributed by atoms with van der Waals surface area (Å²) in [5.74, 6) is 1.45. The molecule has 0 bridgehead atoms. The number of hydrogen-bond donors (Lipinski definition) is 4. The average Bonchev–Trinajstić information content (AvgIpc) is 3.25. The van der Waals surface area contributed by atoms with Crippen molar-refractivity contribution in [1.29, 1.82) is 0 Å². The summed E-state index contributed by atoms with van der Waals surface area (Å²) in [6.45, 7) is 1.32. The Hall–Kier alpha value is -4.10. The first-order chi connectivity index (χ1) is 15.9. The fourth-order valence-electron chi connectivity index (χ4n) is 2.63. The van der Waals surface area contributed by atoms with Gasteiger partial charge in [0.05, 0.1) is 6.20 Å². The second-order valence-electron chi connectivity index (χ2n) is 6.60. The Kier molecular flexibility index (Phi) is 6.42. The van der Waals surface area contributed by atoms with Gasteiger partial charge in [0.2, 0.25) is 5.91 Å². The number of pyridine rings is 1. The van der Waals surface area contributed by atoms with E-state index in [0.717, 1.165) is 11.3 Å². The third-order valence-electron chi connectivity index (χ3n) is 4.03. The van der Waals surface area contributed by atoms with Crippen LogP contribution in [0.5, 0.6) is 0 Å². The van der Waals surface area contributed by atoms with Crippen LogP contribution in [0.1, 0.15) is 6.92 Å². The molecule has 11 nitrogen and oxygen atoms in total. The van der Waals surface area contributed by atoms with Crippen molar-refractivity contribution in [1.82, 2.24) is 19.9 Å². The third kappa shape index (κ3) is 5.99. The smallest absolute Gasteiger partial charge is 0.273 e. The first-order valence-corrected chi connectivity index (χ1v) is 11.8. The van der Waals surface area contributed by atoms with Gasteiger partial charge in [-0.2, -0.15) is 0 Å². The van der Waals surface area contributed by atoms with Crippen LogP contribution in [0.2, 0.25) is 0 Å². The molecular weight excluding hydrogens is 464 g/mol. The van der Waals surface area contributed by atoms with E-state index in [-0.39, 0.29) is 15.2 Å². The largest absolute Gasteiger partial charge is 0.340 e. The number of hydrogen-bond acceptors (Lipinski definition) is 10. The van der Waals surface area contributed by atoms with Gasteiger partial charge in [-0.1, -0.05) is 17.4 Å². The standard InChI is InChI=1S/C20H18N8O3S2/c1-13(29)25-20-22-11-19(32-20)33(30,31)28-15-7-5-14(6-8-15)26-17-10-18(24-12-23-17)27-16-4-2-3-9-21-16/h2-12,28H,1H3,(H,22,25,29)(H2,21,23,24,26,27). The summed E-state index contributed by atoms with van der Waals surface area (Å²) in [5.41, 5.74) is 1.07. The van der Waals surface area contributed by atoms with E-state index in [1.165, 1.54) is 19.4 Å². The molecule has 4 N–H and O–H groups in total. The number of anilines is 6. The molecule has 0 radical (unpaired) electrons. The van der Waals surface area contributed by atoms with Crippen molar-refractivity contribution in [2.24, 2.45) is 0 Å². The summed E-state index contributed by atoms with van der Waals surface area (Å²) in [4.78, 5) is 27.5. The van der Waals surface area contributed by atoms with Gasteiger partial charge in [0.1, 0.15) is 23.8 Å². The van der Waals surface area contributed by atoms with Crippen LogP contribution < -0.4 is 20.7 Å². The predicted octanol–water partition coefficient (Wildman–Crippen LogP) is 3.57. The second-order valence-corrected chi connectivity index (χ2v) is 9.54. The number of carbonyl (C=O) groups is 1. The van der Waals surface area contributed by atoms with Gasteiger partial charge >= 0.3 is 0 Å². The molecule has 0 saturated carbocycles. The van der Waals surface area contributed by atoms with Gasteiger partial charge in [0, 0.05) is 30.6 Å². The summed E-state index contributed by atoms with van der Waals surface area (Å²) in [6.07, 6.45) is 4.29. The number of nitrogens with zero attached hydrogens (tertiary/aromatic N) is 4. The normalized spacial score (nSPS) is 10.9. The minimum atomic E-state index is -3.84. The van der Waals surface area contributed by atoms with Gasteiger partial charge in [-0.25, -0.2) is 28.4 Å². The molecule has 3 heterocycles. The Balaban J connectivity index is 1.41. The maximum atomic E-state index is 12.6. The highest BCUT2D eigenvalue weighted by atomic mass is 32.2. The van der Waals surface area contributed by atoms with Crippen LogP contribution in [0.3, 0.4) is 0 Å². The molecule has 0 aliphatic carbocycles. The molecule has 3 aromatic heterocycles. The lowest BCUT2D eigenvalue weighted by atomic mass is 10.3. The predicted molar refractivity (Wildman–Crippen MR) is 127 cm³/mol. The fourth-order valence-corrected chi connectivity index (χ4v) is 4.76. The summed E-state index contributed by atoms with van der Waals surface area (Å²) in [5, 5.41) is 8.89. The Morgan fingerprint density at radius 3 is 2.30 bits per heavy atom. The van der Waals surface area contributed by atoms with Crippen molar-refractivity contribution in [3.8, 4) is 0 Å². The minimum absolute atomic E-state index is 0.0117. The lowest BCUT2D eigenvalue weighted by Gasteiger charge is -2.10. The number of amides is 1. The first kappa shape index (κ1) is 22.1. The molecule has 1 amide bonds. The highest BCUT2D eigenvalue weighted by Gasteiger charge is 2.18. The van der Waals surface area contributed by atoms with E-state index in [1.54, 1.807) is 36.5 Å². The maximum Gasteiger partial charge on any atom is 0.273 e. The zero-order valence-electron chi connectivity index (χ0n) is 17.2. The molecule has 0 aliphatic heterocycles. The van der Waals surface area contributed by atoms with Crippen LogP contribution >= 0.6 is 11.3 Å². The van der Waals surface area contributed by atoms with E-state index in [9.17, 15) is 13.2 Å². The van der Waals surface area contributed by atoms with Gasteiger partial charge < -0.3 is 16.0 Å². The van der Waals surface area contributed by atoms with Crippen molar-refractivity contribution in [3.05, 3.63) is 67.3 Å². The SMILES string of the molecule is CC(=O)Nc1ncc(S(=O)(=O)Nc2ccc(Nc3cc(Nc4ccccn4)ncn3)cc2)s1. The molecule has 0 unspecified atom stereocenters. The van der Waals surface area contributed by atoms with E-state index in [0.29, 0.717) is 28.8 Å². The number of nitrogens with one attached hydrogen (secondary N) is 4. The van der Waals surface area contributed by atoms with Crippen LogP contribution in [-0.4, -0.2) is 34.3 Å². The molecule has 168 valence electrons. The average molecular weight is 483 g/mol. The first-order valence-electron chi connectivity index (χ1n) is 9.51. The van der Waals surface area contributed by atoms with Crippen molar-refractivity contribution in [2.45, 2.75) is 11.1 Å². The summed E-state index contributed by atoms with van der Waals surface area (Å²) < 4.78 is 27.6. The van der Waals surface area contributed by atoms with Gasteiger partial charge in [0.15, 0.2) is 9.34 Å². The molecule has 0 atom stereocenters. The summed E-state index contributed by atoms with van der Waals surface area (Å²) >= 11 is 0.864. The zero-order valence-corrected chi connectivity index (χ0v) is 18.8. The molecule has 13 heteroatoms. The molecule has 4 rings (SSSR count). The van der Waals surface area contributed by atoms with Crippen molar-refractivity contribution < 1.29 is 13.2 Å². The Bertz CT molecular complexity index is 1360. The number of sulfonamides is 1. The number of benzene rings is 1. The lowest BCUT2D eigenvalue weighted by Crippen LogP contribution is -2.11. The molecule has 0 saturated heterocycles. The van der Waals surface area contributed by atoms with Crippen molar-refractivity contribution >= 4 is 61.2 Å². The monoisotopic (exact) mass is 482 g/mol. The molecule has 1 aromatic carbocycles. The number of carbonyl (C=O) groups excluding carboxylic acids is 1. The molecular formula is C20H18N8O3S2. The zero-order chi connectivity index (χ0) is 23.3. The number of aromatic nitrogens is 4. The quantitative estimate of drug-likeness (QED) is 0.295. The van der Waals surface area contributed by atoms with E-state index in [1.807, 2.05) is 18.2 Å². The van der Waals surface area contributed by atoms with Gasteiger partial charge in [-0.15, -0.1) is 0 Å². The molecule has 0 fully saturated rings. The molecule has 4 aromatic rings. The van der Waals surface area contributed by atoms with Crippen LogP contribution in [0, 0.1) is 0 Å². The highest BCUT2D eigenvalue weighted by Crippen LogP contribution is 2.26. The Morgan fingerprint density at radius 1 is 0.879 bits per heavy atom. The van der Waals surface area contributed by atoms with E-state index in [2.05, 4.69) is 40.6 Å². The Morgan fingerprint density at radius 2 is 1.61 bits per heavy atom. The van der Waals surface area contributed by atoms with Crippen LogP contribution in [0.15, 0.2) is 71.5 Å². The molecule has 33 heavy (non-hydrogen) atoms. The third-order valence-corrected chi connectivity index (χ3v) is 6.79. The van der Waals surface area contributed by atoms with Crippen LogP contribution in [0.25, 0.3) is 0 Å². The summed E-state index contributed by atoms with van der Waals surface area (Å²) in [7, 11) is -3.84. The van der Waals surface area contributed by atoms with Crippen LogP contribution in [-0.2, 0) is 14.8 Å². The Labute approximate surface area is 193 Å². The van der Waals surface area contributed by atoms with Crippen molar-refractivity contribution in [2.75, 3.05) is 20.7 Å². The molecule has 0 aliphatic rings. The second kappa shape index (κ2) is 9.58. The summed E-state index contributed by atoms with van der Waals surface area (Å²) in [6, 6.07) is 13.9. The van der Waals surface area contributed by atoms with E-state index < -0.39 is 10.0 Å². The van der Waals surface area contributed by atoms with E-state index >= 15 is 0 Å². The number of rotatable bonds is 8.